The summed E-state index contributed by atoms with van der Waals surface area (Å²) in [5.74, 6) is 0. The van der Waals surface area contributed by atoms with Gasteiger partial charge in [-0.3, -0.25) is 0 Å². The molecule has 0 aliphatic carbocycles. The van der Waals surface area contributed by atoms with Gasteiger partial charge in [-0.15, -0.1) is 0 Å². The van der Waals surface area contributed by atoms with E-state index in [9.17, 15) is 0 Å². The molecule has 0 nitrogen and oxygen atoms in total. The third-order valence-electron chi connectivity index (χ3n) is 0. The fraction of sp³-hybridized carbons (Fsp3) is 0. The Hall–Kier alpha value is 2.06. The van der Waals surface area contributed by atoms with E-state index in [1.807, 2.05) is 0 Å². The first-order valence-corrected chi connectivity index (χ1v) is 0. The molecule has 0 saturated heterocycles. The van der Waals surface area contributed by atoms with Crippen molar-refractivity contribution in [3.63, 3.8) is 0 Å². The van der Waals surface area contributed by atoms with E-state index >= 15 is 0 Å². The van der Waals surface area contributed by atoms with Gasteiger partial charge < -0.3 is 0 Å². The fourth-order valence-corrected chi connectivity index (χ4v) is 0. The number of hydrogen-bond acceptors (Lipinski definition) is 0. The molecule has 0 unspecified atom stereocenters. The van der Waals surface area contributed by atoms with Gasteiger partial charge in [-0.1, -0.05) is 0 Å². The smallest absolute Gasteiger partial charge is 0 e. The van der Waals surface area contributed by atoms with E-state index < -0.39 is 0 Å². The predicted molar refractivity (Wildman–Crippen MR) is 28.4 cm³/mol. The summed E-state index contributed by atoms with van der Waals surface area (Å²) in [4.78, 5) is 0. The Morgan fingerprint density at radius 2 is 1.00 bits per heavy atom. The summed E-state index contributed by atoms with van der Waals surface area (Å²) in [5, 5.41) is 0. The predicted octanol–water partition coefficient (Wildman–Crippen LogP) is -3.29. The van der Waals surface area contributed by atoms with Crippen LogP contribution in [0.15, 0.2) is 0 Å². The van der Waals surface area contributed by atoms with Crippen molar-refractivity contribution in [2.75, 3.05) is 0 Å². The largest absolute Gasteiger partial charge is 0.0149 e. The first kappa shape index (κ1) is 36.5. The molecule has 0 aromatic heterocycles. The molecule has 0 atom stereocenters. The van der Waals surface area contributed by atoms with Crippen molar-refractivity contribution in [3.05, 3.63) is 0 Å². The molecule has 0 bridgehead atoms. The van der Waals surface area contributed by atoms with Crippen molar-refractivity contribution in [3.8, 4) is 0 Å². The maximum Gasteiger partial charge on any atom is 0 e. The van der Waals surface area contributed by atoms with Gasteiger partial charge >= 0.3 is 18.9 Å². The summed E-state index contributed by atoms with van der Waals surface area (Å²) >= 11 is 0. The maximum atomic E-state index is 0. The van der Waals surface area contributed by atoms with E-state index in [0.717, 1.165) is 0 Å². The fourth-order valence-electron chi connectivity index (χ4n) is 0. The third-order valence-corrected chi connectivity index (χ3v) is 0. The van der Waals surface area contributed by atoms with Gasteiger partial charge in [0.1, 0.15) is 0 Å². The Balaban J connectivity index is 0. The average Bonchev–Trinajstić information content (AvgIpc) is 0. The van der Waals surface area contributed by atoms with Crippen LogP contribution in [0.2, 0.25) is 0 Å². The van der Waals surface area contributed by atoms with Gasteiger partial charge in [0.2, 0.25) is 0 Å². The summed E-state index contributed by atoms with van der Waals surface area (Å²) in [6.07, 6.45) is 0. The Labute approximate surface area is 68.3 Å². The van der Waals surface area contributed by atoms with Crippen molar-refractivity contribution >= 4 is 47.2 Å². The SMILES string of the molecule is [AlH3].[LiH].[SiH4].[Ti]. The van der Waals surface area contributed by atoms with Crippen LogP contribution < -0.4 is 0 Å². The summed E-state index contributed by atoms with van der Waals surface area (Å²) in [7, 11) is 0. The number of rotatable bonds is 0. The van der Waals surface area contributed by atoms with Crippen molar-refractivity contribution in [2.24, 2.45) is 0 Å². The number of hydrogen-bond donors (Lipinski definition) is 0. The minimum atomic E-state index is 0. The molecule has 0 aliphatic rings. The monoisotopic (exact) mass is 118 g/mol. The van der Waals surface area contributed by atoms with Crippen LogP contribution in [0.5, 0.6) is 0 Å². The third kappa shape index (κ3) is 8.96. The summed E-state index contributed by atoms with van der Waals surface area (Å²) in [6, 6.07) is 0. The molecular weight excluding hydrogens is 110 g/mol. The second kappa shape index (κ2) is 19.6. The molecule has 0 aromatic carbocycles. The van der Waals surface area contributed by atoms with Crippen LogP contribution in [0.3, 0.4) is 0 Å². The van der Waals surface area contributed by atoms with E-state index in [-0.39, 0.29) is 68.9 Å². The van der Waals surface area contributed by atoms with Crippen LogP contribution in [0.25, 0.3) is 0 Å². The van der Waals surface area contributed by atoms with Gasteiger partial charge in [0.05, 0.1) is 0 Å². The molecule has 0 saturated carbocycles. The molecule has 0 spiro atoms. The van der Waals surface area contributed by atoms with E-state index in [1.165, 1.54) is 0 Å². The molecule has 4 heavy (non-hydrogen) atoms. The van der Waals surface area contributed by atoms with Gasteiger partial charge in [0.25, 0.3) is 0 Å². The standard InChI is InChI=1S/Al.Li.H4Si.Ti.4H/h;;1H4;;;;;. The molecule has 0 heterocycles. The summed E-state index contributed by atoms with van der Waals surface area (Å²) in [5.41, 5.74) is 0. The molecule has 0 aliphatic heterocycles. The van der Waals surface area contributed by atoms with Gasteiger partial charge in [-0.05, 0) is 11.0 Å². The normalized spacial score (nSPS) is 0. The Morgan fingerprint density at radius 3 is 1.00 bits per heavy atom. The molecule has 0 fully saturated rings. The zero-order chi connectivity index (χ0) is 0. The van der Waals surface area contributed by atoms with Crippen LogP contribution in [0, 0.1) is 0 Å². The maximum absolute atomic E-state index is 0. The van der Waals surface area contributed by atoms with E-state index in [4.69, 9.17) is 0 Å². The Morgan fingerprint density at radius 1 is 1.00 bits per heavy atom. The van der Waals surface area contributed by atoms with E-state index in [0.29, 0.717) is 0 Å². The minimum absolute atomic E-state index is 0. The van der Waals surface area contributed by atoms with Crippen molar-refractivity contribution < 1.29 is 21.7 Å². The first-order chi connectivity index (χ1) is 0. The van der Waals surface area contributed by atoms with Crippen LogP contribution >= 0.6 is 0 Å². The van der Waals surface area contributed by atoms with Crippen LogP contribution in [-0.2, 0) is 21.7 Å². The van der Waals surface area contributed by atoms with Crippen LogP contribution in [-0.4, -0.2) is 47.2 Å². The minimum Gasteiger partial charge on any atom is -0.0149 e. The van der Waals surface area contributed by atoms with Gasteiger partial charge in [-0.25, -0.2) is 0 Å². The second-order valence-electron chi connectivity index (χ2n) is 0. The van der Waals surface area contributed by atoms with Crippen molar-refractivity contribution in [1.29, 1.82) is 0 Å². The molecule has 0 N–H and O–H groups in total. The second-order valence-corrected chi connectivity index (χ2v) is 0. The van der Waals surface area contributed by atoms with Gasteiger partial charge in [0.15, 0.2) is 17.4 Å². The zero-order valence-corrected chi connectivity index (χ0v) is 2.06. The first-order valence-electron chi connectivity index (χ1n) is 0. The quantitative estimate of drug-likeness (QED) is 0.292. The Kier molecular flexibility index (Phi) is 180. The molecule has 0 aromatic rings. The van der Waals surface area contributed by atoms with E-state index in [1.54, 1.807) is 0 Å². The topological polar surface area (TPSA) is 0 Å². The van der Waals surface area contributed by atoms with Gasteiger partial charge in [-0.2, -0.15) is 0 Å². The summed E-state index contributed by atoms with van der Waals surface area (Å²) < 4.78 is 0. The van der Waals surface area contributed by atoms with Gasteiger partial charge in [0, 0.05) is 21.7 Å². The molecule has 0 rings (SSSR count). The van der Waals surface area contributed by atoms with Crippen LogP contribution in [0.4, 0.5) is 0 Å². The molecule has 20 valence electrons. The zero-order valence-electron chi connectivity index (χ0n) is 0.500. The van der Waals surface area contributed by atoms with Crippen LogP contribution in [0.1, 0.15) is 0 Å². The molecule has 0 amide bonds. The Bertz CT molecular complexity index is 8.00. The molecular formula is H8AlLiSiTi. The molecule has 4 heteroatoms. The van der Waals surface area contributed by atoms with Crippen molar-refractivity contribution in [1.82, 2.24) is 0 Å². The molecule has 0 radical (unpaired) electrons. The summed E-state index contributed by atoms with van der Waals surface area (Å²) in [6.45, 7) is 0. The van der Waals surface area contributed by atoms with E-state index in [2.05, 4.69) is 0 Å². The average molecular weight is 118 g/mol. The van der Waals surface area contributed by atoms with Crippen molar-refractivity contribution in [2.45, 2.75) is 0 Å².